The summed E-state index contributed by atoms with van der Waals surface area (Å²) in [6.45, 7) is 0. The van der Waals surface area contributed by atoms with Crippen molar-refractivity contribution in [1.82, 2.24) is 0 Å². The molecule has 0 saturated carbocycles. The van der Waals surface area contributed by atoms with Gasteiger partial charge in [-0.05, 0) is 88.1 Å². The van der Waals surface area contributed by atoms with E-state index in [4.69, 9.17) is 8.83 Å². The quantitative estimate of drug-likeness (QED) is 0.190. The average molecular weight is 628 g/mol. The van der Waals surface area contributed by atoms with Crippen LogP contribution in [0.15, 0.2) is 185 Å². The maximum absolute atomic E-state index is 6.39. The highest BCUT2D eigenvalue weighted by Gasteiger charge is 2.22. The van der Waals surface area contributed by atoms with Gasteiger partial charge in [0.2, 0.25) is 0 Å². The van der Waals surface area contributed by atoms with Gasteiger partial charge in [-0.2, -0.15) is 0 Å². The number of hydrogen-bond donors (Lipinski definition) is 0. The lowest BCUT2D eigenvalue weighted by Gasteiger charge is -2.28. The van der Waals surface area contributed by atoms with E-state index in [0.717, 1.165) is 72.1 Å². The first kappa shape index (κ1) is 27.5. The van der Waals surface area contributed by atoms with Gasteiger partial charge in [0.05, 0.1) is 16.8 Å². The highest BCUT2D eigenvalue weighted by molar-refractivity contribution is 6.14. The Bertz CT molecular complexity index is 2840. The van der Waals surface area contributed by atoms with Crippen LogP contribution in [0.3, 0.4) is 0 Å². The summed E-state index contributed by atoms with van der Waals surface area (Å²) in [5.41, 5.74) is 11.3. The molecule has 0 N–H and O–H groups in total. The van der Waals surface area contributed by atoms with E-state index in [-0.39, 0.29) is 0 Å². The van der Waals surface area contributed by atoms with Crippen LogP contribution in [0.25, 0.3) is 76.9 Å². The molecular formula is C46H29NO2. The Morgan fingerprint density at radius 3 is 1.84 bits per heavy atom. The Morgan fingerprint density at radius 1 is 0.347 bits per heavy atom. The molecule has 0 unspecified atom stereocenters. The number of furan rings is 2. The third kappa shape index (κ3) is 4.51. The molecule has 230 valence electrons. The van der Waals surface area contributed by atoms with Gasteiger partial charge in [-0.3, -0.25) is 0 Å². The number of rotatable bonds is 5. The fraction of sp³-hybridized carbons (Fsp3) is 0. The Hall–Kier alpha value is -6.58. The average Bonchev–Trinajstić information content (AvgIpc) is 3.74. The van der Waals surface area contributed by atoms with Crippen LogP contribution < -0.4 is 4.90 Å². The van der Waals surface area contributed by atoms with Crippen molar-refractivity contribution in [2.24, 2.45) is 0 Å². The monoisotopic (exact) mass is 627 g/mol. The molecular weight excluding hydrogens is 599 g/mol. The topological polar surface area (TPSA) is 29.5 Å². The third-order valence-corrected chi connectivity index (χ3v) is 9.66. The first-order valence-electron chi connectivity index (χ1n) is 16.6. The summed E-state index contributed by atoms with van der Waals surface area (Å²) in [4.78, 5) is 2.38. The summed E-state index contributed by atoms with van der Waals surface area (Å²) in [5.74, 6) is 0. The smallest absolute Gasteiger partial charge is 0.137 e. The van der Waals surface area contributed by atoms with E-state index in [0.29, 0.717) is 0 Å². The Morgan fingerprint density at radius 2 is 0.959 bits per heavy atom. The molecule has 0 bridgehead atoms. The Kier molecular flexibility index (Phi) is 6.18. The molecule has 0 fully saturated rings. The lowest BCUT2D eigenvalue weighted by atomic mass is 9.98. The minimum atomic E-state index is 0.861. The first-order valence-corrected chi connectivity index (χ1v) is 16.6. The van der Waals surface area contributed by atoms with Crippen molar-refractivity contribution < 1.29 is 8.83 Å². The van der Waals surface area contributed by atoms with Gasteiger partial charge in [0.15, 0.2) is 0 Å². The number of para-hydroxylation sites is 3. The van der Waals surface area contributed by atoms with E-state index < -0.39 is 0 Å². The number of fused-ring (bicyclic) bond motifs is 7. The zero-order valence-corrected chi connectivity index (χ0v) is 26.5. The van der Waals surface area contributed by atoms with Gasteiger partial charge in [-0.1, -0.05) is 115 Å². The van der Waals surface area contributed by atoms with E-state index in [2.05, 4.69) is 157 Å². The van der Waals surface area contributed by atoms with E-state index >= 15 is 0 Å². The van der Waals surface area contributed by atoms with Crippen LogP contribution in [-0.2, 0) is 0 Å². The zero-order chi connectivity index (χ0) is 32.3. The van der Waals surface area contributed by atoms with Crippen molar-refractivity contribution in [3.8, 4) is 22.3 Å². The molecule has 49 heavy (non-hydrogen) atoms. The predicted octanol–water partition coefficient (Wildman–Crippen LogP) is 13.4. The fourth-order valence-electron chi connectivity index (χ4n) is 7.33. The van der Waals surface area contributed by atoms with Gasteiger partial charge < -0.3 is 13.7 Å². The van der Waals surface area contributed by atoms with Gasteiger partial charge in [0.25, 0.3) is 0 Å². The zero-order valence-electron chi connectivity index (χ0n) is 26.5. The fourth-order valence-corrected chi connectivity index (χ4v) is 7.33. The molecule has 3 nitrogen and oxygen atoms in total. The van der Waals surface area contributed by atoms with Crippen molar-refractivity contribution in [2.75, 3.05) is 4.90 Å². The molecule has 0 atom stereocenters. The summed E-state index contributed by atoms with van der Waals surface area (Å²) >= 11 is 0. The van der Waals surface area contributed by atoms with Gasteiger partial charge in [0.1, 0.15) is 22.3 Å². The van der Waals surface area contributed by atoms with Crippen molar-refractivity contribution in [1.29, 1.82) is 0 Å². The Labute approximate surface area is 282 Å². The highest BCUT2D eigenvalue weighted by atomic mass is 16.3. The van der Waals surface area contributed by atoms with Crippen molar-refractivity contribution in [3.05, 3.63) is 176 Å². The summed E-state index contributed by atoms with van der Waals surface area (Å²) in [6.07, 6.45) is 0. The summed E-state index contributed by atoms with van der Waals surface area (Å²) < 4.78 is 12.6. The van der Waals surface area contributed by atoms with Gasteiger partial charge in [-0.25, -0.2) is 0 Å². The predicted molar refractivity (Wildman–Crippen MR) is 204 cm³/mol. The molecule has 2 heterocycles. The number of nitrogens with zero attached hydrogens (tertiary/aromatic N) is 1. The lowest BCUT2D eigenvalue weighted by molar-refractivity contribution is 0.668. The van der Waals surface area contributed by atoms with E-state index in [1.54, 1.807) is 0 Å². The van der Waals surface area contributed by atoms with Crippen molar-refractivity contribution in [3.63, 3.8) is 0 Å². The second-order valence-corrected chi connectivity index (χ2v) is 12.5. The van der Waals surface area contributed by atoms with Crippen LogP contribution in [0.5, 0.6) is 0 Å². The molecule has 10 rings (SSSR count). The molecule has 0 saturated heterocycles. The molecule has 0 aliphatic heterocycles. The Balaban J connectivity index is 1.18. The number of hydrogen-bond acceptors (Lipinski definition) is 3. The van der Waals surface area contributed by atoms with E-state index in [1.165, 1.54) is 21.9 Å². The van der Waals surface area contributed by atoms with Crippen LogP contribution in [-0.4, -0.2) is 0 Å². The molecule has 3 heteroatoms. The van der Waals surface area contributed by atoms with Crippen molar-refractivity contribution in [2.45, 2.75) is 0 Å². The second-order valence-electron chi connectivity index (χ2n) is 12.5. The molecule has 2 aromatic heterocycles. The van der Waals surface area contributed by atoms with E-state index in [1.807, 2.05) is 24.3 Å². The first-order chi connectivity index (χ1) is 24.3. The summed E-state index contributed by atoms with van der Waals surface area (Å²) in [6, 6.07) is 62.2. The molecule has 0 aliphatic rings. The van der Waals surface area contributed by atoms with Crippen LogP contribution in [0.2, 0.25) is 0 Å². The van der Waals surface area contributed by atoms with E-state index in [9.17, 15) is 0 Å². The third-order valence-electron chi connectivity index (χ3n) is 9.66. The van der Waals surface area contributed by atoms with Gasteiger partial charge in [0, 0.05) is 27.4 Å². The molecule has 10 aromatic rings. The minimum absolute atomic E-state index is 0.861. The van der Waals surface area contributed by atoms with Crippen LogP contribution in [0, 0.1) is 0 Å². The number of benzene rings is 8. The highest BCUT2D eigenvalue weighted by Crippen LogP contribution is 2.46. The van der Waals surface area contributed by atoms with Crippen LogP contribution in [0.4, 0.5) is 17.1 Å². The van der Waals surface area contributed by atoms with Gasteiger partial charge >= 0.3 is 0 Å². The molecule has 0 spiro atoms. The molecule has 0 aliphatic carbocycles. The van der Waals surface area contributed by atoms with Gasteiger partial charge in [-0.15, -0.1) is 0 Å². The normalized spacial score (nSPS) is 11.7. The van der Waals surface area contributed by atoms with Crippen LogP contribution >= 0.6 is 0 Å². The molecule has 0 amide bonds. The molecule has 8 aromatic carbocycles. The maximum Gasteiger partial charge on any atom is 0.137 e. The lowest BCUT2D eigenvalue weighted by Crippen LogP contribution is -2.11. The standard InChI is InChI=1S/C46H29NO2/c1-2-11-32-28-33(21-20-30(32)10-1)31-22-25-35(26-23-31)47(41-16-9-19-45-46(41)38-14-5-8-18-43(38)49-45)40-15-6-3-12-36(40)34-24-27-44-39(29-34)37-13-4-7-17-42(37)48-44/h1-29H. The molecule has 0 radical (unpaired) electrons. The largest absolute Gasteiger partial charge is 0.456 e. The summed E-state index contributed by atoms with van der Waals surface area (Å²) in [7, 11) is 0. The van der Waals surface area contributed by atoms with Crippen molar-refractivity contribution >= 4 is 71.7 Å². The van der Waals surface area contributed by atoms with Crippen LogP contribution in [0.1, 0.15) is 0 Å². The summed E-state index contributed by atoms with van der Waals surface area (Å²) in [5, 5.41) is 6.88. The number of anilines is 3. The maximum atomic E-state index is 6.39. The second kappa shape index (κ2) is 11.0. The SMILES string of the molecule is c1ccc(N(c2ccc(-c3ccc4ccccc4c3)cc2)c2cccc3oc4ccccc4c23)c(-c2ccc3oc4ccccc4c3c2)c1. The minimum Gasteiger partial charge on any atom is -0.456 e.